The minimum atomic E-state index is -0.761. The van der Waals surface area contributed by atoms with Crippen LogP contribution in [0.25, 0.3) is 0 Å². The van der Waals surface area contributed by atoms with E-state index in [2.05, 4.69) is 34.6 Å². The molecule has 0 saturated carbocycles. The Morgan fingerprint density at radius 2 is 0.569 bits per heavy atom. The fourth-order valence-electron chi connectivity index (χ4n) is 7.81. The summed E-state index contributed by atoms with van der Waals surface area (Å²) in [4.78, 5) is 37.9. The molecule has 1 atom stereocenters. The zero-order valence-corrected chi connectivity index (χ0v) is 39.7. The molecule has 0 aromatic heterocycles. The van der Waals surface area contributed by atoms with E-state index in [0.717, 1.165) is 69.6 Å². The lowest BCUT2D eigenvalue weighted by molar-refractivity contribution is -0.167. The molecular weight excluding hydrogens is 721 g/mol. The summed E-state index contributed by atoms with van der Waals surface area (Å²) in [5.41, 5.74) is 0. The minimum absolute atomic E-state index is 0.0644. The Balaban J connectivity index is 4.24. The topological polar surface area (TPSA) is 78.9 Å². The van der Waals surface area contributed by atoms with Gasteiger partial charge < -0.3 is 14.2 Å². The number of hydrogen-bond donors (Lipinski definition) is 0. The summed E-state index contributed by atoms with van der Waals surface area (Å²) in [5, 5.41) is 0. The second-order valence-electron chi connectivity index (χ2n) is 18.8. The molecule has 0 radical (unpaired) electrons. The molecule has 0 aromatic rings. The lowest BCUT2D eigenvalue weighted by Crippen LogP contribution is -2.30. The minimum Gasteiger partial charge on any atom is -0.462 e. The maximum Gasteiger partial charge on any atom is 0.306 e. The number of esters is 3. The Kier molecular flexibility index (Phi) is 43.7. The van der Waals surface area contributed by atoms with Crippen LogP contribution in [0.1, 0.15) is 285 Å². The third kappa shape index (κ3) is 45.5. The largest absolute Gasteiger partial charge is 0.462 e. The highest BCUT2D eigenvalue weighted by atomic mass is 16.6. The average Bonchev–Trinajstić information content (AvgIpc) is 3.19. The Morgan fingerprint density at radius 1 is 0.328 bits per heavy atom. The van der Waals surface area contributed by atoms with Crippen molar-refractivity contribution in [3.63, 3.8) is 0 Å². The van der Waals surface area contributed by atoms with Crippen molar-refractivity contribution in [2.24, 2.45) is 11.8 Å². The molecular formula is C52H100O6. The lowest BCUT2D eigenvalue weighted by atomic mass is 10.0. The van der Waals surface area contributed by atoms with Gasteiger partial charge in [-0.05, 0) is 31.1 Å². The van der Waals surface area contributed by atoms with Gasteiger partial charge >= 0.3 is 17.9 Å². The van der Waals surface area contributed by atoms with Crippen LogP contribution in [0.4, 0.5) is 0 Å². The quantitative estimate of drug-likeness (QED) is 0.0346. The van der Waals surface area contributed by atoms with E-state index in [1.807, 2.05) is 0 Å². The summed E-state index contributed by atoms with van der Waals surface area (Å²) in [5.74, 6) is 0.775. The normalized spacial score (nSPS) is 12.1. The van der Waals surface area contributed by atoms with Gasteiger partial charge in [-0.3, -0.25) is 14.4 Å². The number of hydrogen-bond acceptors (Lipinski definition) is 6. The number of carbonyl (C=O) groups excluding carboxylic acids is 3. The van der Waals surface area contributed by atoms with Gasteiger partial charge in [-0.25, -0.2) is 0 Å². The number of ether oxygens (including phenoxy) is 3. The number of unbranched alkanes of at least 4 members (excludes halogenated alkanes) is 31. The van der Waals surface area contributed by atoms with Crippen LogP contribution in [0.3, 0.4) is 0 Å². The van der Waals surface area contributed by atoms with Crippen LogP contribution in [0.5, 0.6) is 0 Å². The van der Waals surface area contributed by atoms with E-state index >= 15 is 0 Å². The molecule has 0 N–H and O–H groups in total. The molecule has 0 bridgehead atoms. The molecule has 344 valence electrons. The molecule has 0 aliphatic rings. The first-order valence-corrected chi connectivity index (χ1v) is 25.7. The van der Waals surface area contributed by atoms with Crippen LogP contribution in [-0.2, 0) is 28.6 Å². The first kappa shape index (κ1) is 56.4. The molecule has 6 heteroatoms. The molecule has 0 fully saturated rings. The van der Waals surface area contributed by atoms with Crippen molar-refractivity contribution in [2.45, 2.75) is 291 Å². The van der Waals surface area contributed by atoms with Crippen molar-refractivity contribution < 1.29 is 28.6 Å². The van der Waals surface area contributed by atoms with E-state index in [0.29, 0.717) is 19.3 Å². The van der Waals surface area contributed by atoms with Gasteiger partial charge in [0.05, 0.1) is 0 Å². The average molecular weight is 821 g/mol. The number of carbonyl (C=O) groups is 3. The van der Waals surface area contributed by atoms with Crippen molar-refractivity contribution in [3.05, 3.63) is 0 Å². The molecule has 0 aliphatic carbocycles. The summed E-state index contributed by atoms with van der Waals surface area (Å²) < 4.78 is 16.8. The van der Waals surface area contributed by atoms with Crippen molar-refractivity contribution in [1.82, 2.24) is 0 Å². The first-order valence-electron chi connectivity index (χ1n) is 25.7. The monoisotopic (exact) mass is 821 g/mol. The van der Waals surface area contributed by atoms with E-state index in [4.69, 9.17) is 14.2 Å². The maximum atomic E-state index is 12.7. The first-order chi connectivity index (χ1) is 28.2. The fraction of sp³-hybridized carbons (Fsp3) is 0.942. The maximum absolute atomic E-state index is 12.7. The summed E-state index contributed by atoms with van der Waals surface area (Å²) in [6.45, 7) is 11.3. The molecule has 0 amide bonds. The molecule has 0 rings (SSSR count). The predicted molar refractivity (Wildman–Crippen MR) is 247 cm³/mol. The smallest absolute Gasteiger partial charge is 0.306 e. The van der Waals surface area contributed by atoms with E-state index in [9.17, 15) is 14.4 Å². The Morgan fingerprint density at radius 3 is 0.845 bits per heavy atom. The highest BCUT2D eigenvalue weighted by molar-refractivity contribution is 5.71. The van der Waals surface area contributed by atoms with Crippen LogP contribution in [0.2, 0.25) is 0 Å². The van der Waals surface area contributed by atoms with Crippen LogP contribution < -0.4 is 0 Å². The summed E-state index contributed by atoms with van der Waals surface area (Å²) in [6, 6.07) is 0. The zero-order chi connectivity index (χ0) is 42.6. The molecule has 58 heavy (non-hydrogen) atoms. The summed E-state index contributed by atoms with van der Waals surface area (Å²) in [7, 11) is 0. The lowest BCUT2D eigenvalue weighted by Gasteiger charge is -2.18. The molecule has 6 nitrogen and oxygen atoms in total. The van der Waals surface area contributed by atoms with Gasteiger partial charge in [0.2, 0.25) is 0 Å². The molecule has 0 aromatic carbocycles. The van der Waals surface area contributed by atoms with Crippen molar-refractivity contribution >= 4 is 17.9 Å². The Hall–Kier alpha value is -1.59. The third-order valence-corrected chi connectivity index (χ3v) is 11.7. The van der Waals surface area contributed by atoms with Crippen LogP contribution in [0, 0.1) is 11.8 Å². The van der Waals surface area contributed by atoms with Crippen LogP contribution in [0.15, 0.2) is 0 Å². The third-order valence-electron chi connectivity index (χ3n) is 11.7. The van der Waals surface area contributed by atoms with Gasteiger partial charge in [-0.1, -0.05) is 247 Å². The van der Waals surface area contributed by atoms with Crippen molar-refractivity contribution in [1.29, 1.82) is 0 Å². The van der Waals surface area contributed by atoms with Gasteiger partial charge in [0, 0.05) is 19.3 Å². The number of rotatable bonds is 46. The van der Waals surface area contributed by atoms with Gasteiger partial charge in [-0.15, -0.1) is 0 Å². The molecule has 0 unspecified atom stereocenters. The van der Waals surface area contributed by atoms with Crippen molar-refractivity contribution in [3.8, 4) is 0 Å². The second-order valence-corrected chi connectivity index (χ2v) is 18.8. The zero-order valence-electron chi connectivity index (χ0n) is 39.7. The molecule has 0 heterocycles. The van der Waals surface area contributed by atoms with Crippen molar-refractivity contribution in [2.75, 3.05) is 13.2 Å². The van der Waals surface area contributed by atoms with Gasteiger partial charge in [0.25, 0.3) is 0 Å². The molecule has 0 saturated heterocycles. The van der Waals surface area contributed by atoms with E-state index in [1.165, 1.54) is 173 Å². The predicted octanol–water partition coefficient (Wildman–Crippen LogP) is 16.5. The van der Waals surface area contributed by atoms with E-state index < -0.39 is 6.10 Å². The SMILES string of the molecule is CCCCCCCCCCCCCCC(=O)OC[C@@H](COC(=O)CCCCCCCCCCCCCCCCCC(C)C)OC(=O)CCCCCCCCCC(C)C. The summed E-state index contributed by atoms with van der Waals surface area (Å²) >= 11 is 0. The highest BCUT2D eigenvalue weighted by Crippen LogP contribution is 2.17. The summed E-state index contributed by atoms with van der Waals surface area (Å²) in [6.07, 6.45) is 45.3. The van der Waals surface area contributed by atoms with Gasteiger partial charge in [-0.2, -0.15) is 0 Å². The Labute approximate surface area is 361 Å². The fourth-order valence-corrected chi connectivity index (χ4v) is 7.81. The van der Waals surface area contributed by atoms with E-state index in [1.54, 1.807) is 0 Å². The highest BCUT2D eigenvalue weighted by Gasteiger charge is 2.19. The van der Waals surface area contributed by atoms with E-state index in [-0.39, 0.29) is 31.1 Å². The standard InChI is InChI=1S/C52H100O6/c1-6-7-8-9-10-11-12-19-22-27-32-37-42-50(53)56-45-49(58-52(55)44-39-34-29-24-26-31-36-41-48(4)5)46-57-51(54)43-38-33-28-23-20-17-15-13-14-16-18-21-25-30-35-40-47(2)3/h47-49H,6-46H2,1-5H3/t49-/m0/s1. The van der Waals surface area contributed by atoms with Gasteiger partial charge in [0.1, 0.15) is 13.2 Å². The molecule has 0 spiro atoms. The molecule has 0 aliphatic heterocycles. The Bertz CT molecular complexity index is 885. The van der Waals surface area contributed by atoms with Crippen LogP contribution in [-0.4, -0.2) is 37.2 Å². The van der Waals surface area contributed by atoms with Crippen LogP contribution >= 0.6 is 0 Å². The van der Waals surface area contributed by atoms with Gasteiger partial charge in [0.15, 0.2) is 6.10 Å². The second kappa shape index (κ2) is 44.9.